The number of hydrogen-bond acceptors (Lipinski definition) is 5. The number of hydrogen-bond donors (Lipinski definition) is 0. The van der Waals surface area contributed by atoms with Crippen molar-refractivity contribution in [1.82, 2.24) is 4.90 Å². The summed E-state index contributed by atoms with van der Waals surface area (Å²) in [6, 6.07) is 18.1. The van der Waals surface area contributed by atoms with Crippen molar-refractivity contribution in [2.45, 2.75) is 32.2 Å². The zero-order valence-electron chi connectivity index (χ0n) is 21.2. The summed E-state index contributed by atoms with van der Waals surface area (Å²) in [4.78, 5) is 29.1. The Bertz CT molecular complexity index is 1540. The molecule has 3 aromatic carbocycles. The molecule has 37 heavy (non-hydrogen) atoms. The van der Waals surface area contributed by atoms with Crippen LogP contribution >= 0.6 is 11.6 Å². The first-order valence-electron chi connectivity index (χ1n) is 12.2. The predicted octanol–water partition coefficient (Wildman–Crippen LogP) is 6.37. The van der Waals surface area contributed by atoms with E-state index in [0.29, 0.717) is 51.9 Å². The summed E-state index contributed by atoms with van der Waals surface area (Å²) in [7, 11) is 3.18. The van der Waals surface area contributed by atoms with Crippen molar-refractivity contribution in [3.63, 3.8) is 0 Å². The number of ether oxygens (including phenoxy) is 2. The highest BCUT2D eigenvalue weighted by Crippen LogP contribution is 2.39. The Morgan fingerprint density at radius 2 is 1.68 bits per heavy atom. The van der Waals surface area contributed by atoms with E-state index in [-0.39, 0.29) is 17.1 Å². The monoisotopic (exact) mass is 517 g/mol. The summed E-state index contributed by atoms with van der Waals surface area (Å²) in [5, 5.41) is 0.803. The van der Waals surface area contributed by atoms with E-state index in [9.17, 15) is 9.59 Å². The minimum absolute atomic E-state index is 0.0880. The molecule has 0 saturated heterocycles. The second-order valence-corrected chi connectivity index (χ2v) is 9.91. The van der Waals surface area contributed by atoms with Gasteiger partial charge in [-0.3, -0.25) is 9.59 Å². The van der Waals surface area contributed by atoms with Gasteiger partial charge in [-0.05, 0) is 59.4 Å². The van der Waals surface area contributed by atoms with Crippen LogP contribution in [0.1, 0.15) is 58.6 Å². The molecule has 6 nitrogen and oxygen atoms in total. The van der Waals surface area contributed by atoms with E-state index in [1.807, 2.05) is 30.3 Å². The molecule has 0 spiro atoms. The molecule has 1 aromatic heterocycles. The minimum atomic E-state index is -0.566. The molecule has 1 atom stereocenters. The number of fused-ring (bicyclic) bond motifs is 2. The Labute approximate surface area is 220 Å². The lowest BCUT2D eigenvalue weighted by molar-refractivity contribution is 0.0730. The summed E-state index contributed by atoms with van der Waals surface area (Å²) >= 11 is 6.19. The molecule has 0 aliphatic carbocycles. The van der Waals surface area contributed by atoms with Gasteiger partial charge in [-0.2, -0.15) is 0 Å². The van der Waals surface area contributed by atoms with Crippen LogP contribution < -0.4 is 14.9 Å². The van der Waals surface area contributed by atoms with Gasteiger partial charge in [0.2, 0.25) is 5.76 Å². The predicted molar refractivity (Wildman–Crippen MR) is 144 cm³/mol. The van der Waals surface area contributed by atoms with Crippen LogP contribution in [0.3, 0.4) is 0 Å². The Hall–Kier alpha value is -3.77. The molecule has 2 heterocycles. The number of benzene rings is 3. The van der Waals surface area contributed by atoms with Gasteiger partial charge in [0.25, 0.3) is 5.91 Å². The Balaban J connectivity index is 1.59. The summed E-state index contributed by atoms with van der Waals surface area (Å²) in [5.41, 5.74) is 3.48. The first-order chi connectivity index (χ1) is 17.8. The van der Waals surface area contributed by atoms with E-state index in [0.717, 1.165) is 11.1 Å². The van der Waals surface area contributed by atoms with Crippen molar-refractivity contribution in [1.29, 1.82) is 0 Å². The van der Waals surface area contributed by atoms with Crippen molar-refractivity contribution in [3.8, 4) is 11.5 Å². The van der Waals surface area contributed by atoms with Crippen molar-refractivity contribution in [3.05, 3.63) is 104 Å². The number of carbonyl (C=O) groups is 1. The zero-order valence-corrected chi connectivity index (χ0v) is 22.0. The zero-order chi connectivity index (χ0) is 26.3. The van der Waals surface area contributed by atoms with Crippen LogP contribution in [0.5, 0.6) is 11.5 Å². The Morgan fingerprint density at radius 3 is 2.35 bits per heavy atom. The smallest absolute Gasteiger partial charge is 0.290 e. The molecule has 4 aromatic rings. The van der Waals surface area contributed by atoms with Gasteiger partial charge in [0.05, 0.1) is 31.2 Å². The van der Waals surface area contributed by atoms with Crippen LogP contribution in [0.25, 0.3) is 11.0 Å². The fourth-order valence-electron chi connectivity index (χ4n) is 4.92. The third-order valence-corrected chi connectivity index (χ3v) is 7.17. The molecule has 0 N–H and O–H groups in total. The lowest BCUT2D eigenvalue weighted by atomic mass is 9.95. The summed E-state index contributed by atoms with van der Waals surface area (Å²) in [5.74, 6) is 1.41. The lowest BCUT2D eigenvalue weighted by Gasteiger charge is -2.25. The number of nitrogens with zero attached hydrogens (tertiary/aromatic N) is 1. The second-order valence-electron chi connectivity index (χ2n) is 9.48. The number of methoxy groups -OCH3 is 2. The van der Waals surface area contributed by atoms with Gasteiger partial charge >= 0.3 is 0 Å². The summed E-state index contributed by atoms with van der Waals surface area (Å²) in [6.45, 7) is 4.64. The second kappa shape index (κ2) is 9.94. The quantitative estimate of drug-likeness (QED) is 0.285. The summed E-state index contributed by atoms with van der Waals surface area (Å²) in [6.07, 6.45) is 0.556. The average molecular weight is 518 g/mol. The number of amides is 1. The maximum atomic E-state index is 13.7. The molecule has 1 unspecified atom stereocenters. The highest BCUT2D eigenvalue weighted by atomic mass is 35.5. The minimum Gasteiger partial charge on any atom is -0.493 e. The Morgan fingerprint density at radius 1 is 0.946 bits per heavy atom. The van der Waals surface area contributed by atoms with Crippen molar-refractivity contribution in [2.24, 2.45) is 0 Å². The van der Waals surface area contributed by atoms with E-state index < -0.39 is 6.04 Å². The topological polar surface area (TPSA) is 69.0 Å². The molecule has 0 saturated carbocycles. The van der Waals surface area contributed by atoms with Crippen LogP contribution in [0.2, 0.25) is 5.02 Å². The summed E-state index contributed by atoms with van der Waals surface area (Å²) < 4.78 is 16.8. The standard InChI is InChI=1S/C30H28ClNO5/c1-17(2)19-6-8-20(9-7-19)27-26-28(33)22-16-21(31)10-12-23(22)37-29(26)30(34)32(27)14-13-18-5-11-24(35-3)25(15-18)36-4/h5-12,15-17,27H,13-14H2,1-4H3. The normalized spacial score (nSPS) is 14.9. The van der Waals surface area contributed by atoms with Crippen molar-refractivity contribution >= 4 is 28.5 Å². The molecule has 1 amide bonds. The fraction of sp³-hybridized carbons (Fsp3) is 0.267. The third kappa shape index (κ3) is 4.46. The molecule has 1 aliphatic rings. The van der Waals surface area contributed by atoms with Gasteiger partial charge in [0.1, 0.15) is 5.58 Å². The van der Waals surface area contributed by atoms with Crippen LogP contribution in [-0.4, -0.2) is 31.6 Å². The van der Waals surface area contributed by atoms with E-state index in [2.05, 4.69) is 26.0 Å². The van der Waals surface area contributed by atoms with Crippen LogP contribution in [0, 0.1) is 0 Å². The molecule has 0 radical (unpaired) electrons. The number of rotatable bonds is 7. The first-order valence-corrected chi connectivity index (χ1v) is 12.6. The van der Waals surface area contributed by atoms with Crippen LogP contribution in [-0.2, 0) is 6.42 Å². The molecule has 0 fully saturated rings. The maximum Gasteiger partial charge on any atom is 0.290 e. The van der Waals surface area contributed by atoms with Gasteiger partial charge in [-0.25, -0.2) is 0 Å². The van der Waals surface area contributed by atoms with Gasteiger partial charge < -0.3 is 18.8 Å². The van der Waals surface area contributed by atoms with Gasteiger partial charge in [0, 0.05) is 11.6 Å². The molecule has 5 rings (SSSR count). The Kier molecular flexibility index (Phi) is 6.69. The van der Waals surface area contributed by atoms with Crippen molar-refractivity contribution in [2.75, 3.05) is 20.8 Å². The van der Waals surface area contributed by atoms with Gasteiger partial charge in [-0.15, -0.1) is 0 Å². The van der Waals surface area contributed by atoms with Gasteiger partial charge in [-0.1, -0.05) is 55.8 Å². The highest BCUT2D eigenvalue weighted by molar-refractivity contribution is 6.31. The lowest BCUT2D eigenvalue weighted by Crippen LogP contribution is -2.31. The maximum absolute atomic E-state index is 13.7. The first kappa shape index (κ1) is 24.9. The number of halogens is 1. The van der Waals surface area contributed by atoms with Crippen LogP contribution in [0.4, 0.5) is 0 Å². The van der Waals surface area contributed by atoms with E-state index in [4.69, 9.17) is 25.5 Å². The highest BCUT2D eigenvalue weighted by Gasteiger charge is 2.42. The largest absolute Gasteiger partial charge is 0.493 e. The third-order valence-electron chi connectivity index (χ3n) is 6.94. The molecule has 1 aliphatic heterocycles. The molecular weight excluding hydrogens is 490 g/mol. The molecule has 190 valence electrons. The van der Waals surface area contributed by atoms with Gasteiger partial charge in [0.15, 0.2) is 16.9 Å². The fourth-order valence-corrected chi connectivity index (χ4v) is 5.09. The number of carbonyl (C=O) groups excluding carboxylic acids is 1. The SMILES string of the molecule is COc1ccc(CCN2C(=O)c3oc4ccc(Cl)cc4c(=O)c3C2c2ccc(C(C)C)cc2)cc1OC. The molecule has 0 bridgehead atoms. The van der Waals surface area contributed by atoms with Crippen molar-refractivity contribution < 1.29 is 18.7 Å². The van der Waals surface area contributed by atoms with E-state index in [1.165, 1.54) is 5.56 Å². The van der Waals surface area contributed by atoms with E-state index in [1.54, 1.807) is 37.3 Å². The molecule has 7 heteroatoms. The van der Waals surface area contributed by atoms with E-state index >= 15 is 0 Å². The average Bonchev–Trinajstić information content (AvgIpc) is 3.19. The molecular formula is C30H28ClNO5. The van der Waals surface area contributed by atoms with Crippen LogP contribution in [0.15, 0.2) is 69.9 Å².